The number of methoxy groups -OCH3 is 2. The van der Waals surface area contributed by atoms with Crippen LogP contribution in [0, 0.1) is 0 Å². The van der Waals surface area contributed by atoms with E-state index in [2.05, 4.69) is 15.0 Å². The monoisotopic (exact) mass is 271 g/mol. The van der Waals surface area contributed by atoms with Crippen molar-refractivity contribution in [3.63, 3.8) is 0 Å². The molecule has 0 bridgehead atoms. The number of ether oxygens (including phenoxy) is 2. The zero-order valence-electron chi connectivity index (χ0n) is 10.5. The molecular formula is C14H11O4Si. The molecule has 19 heavy (non-hydrogen) atoms. The Balaban J connectivity index is 2.73. The van der Waals surface area contributed by atoms with Gasteiger partial charge in [0.05, 0.1) is 35.6 Å². The summed E-state index contributed by atoms with van der Waals surface area (Å²) in [6.07, 6.45) is 0. The predicted octanol–water partition coefficient (Wildman–Crippen LogP) is 1.21. The normalized spacial score (nSPS) is 10.3. The van der Waals surface area contributed by atoms with Gasteiger partial charge in [-0.25, -0.2) is 9.59 Å². The van der Waals surface area contributed by atoms with E-state index in [1.54, 1.807) is 12.1 Å². The smallest absolute Gasteiger partial charge is 0.338 e. The third kappa shape index (κ3) is 2.51. The molecule has 0 spiro atoms. The van der Waals surface area contributed by atoms with Crippen molar-refractivity contribution >= 4 is 38.1 Å². The molecule has 0 aliphatic heterocycles. The van der Waals surface area contributed by atoms with Crippen LogP contribution < -0.4 is 5.19 Å². The zero-order valence-corrected chi connectivity index (χ0v) is 11.5. The lowest BCUT2D eigenvalue weighted by Crippen LogP contribution is -2.12. The highest BCUT2D eigenvalue weighted by molar-refractivity contribution is 6.33. The minimum absolute atomic E-state index is 0.194. The molecule has 95 valence electrons. The van der Waals surface area contributed by atoms with Gasteiger partial charge in [0.25, 0.3) is 0 Å². The van der Waals surface area contributed by atoms with Crippen molar-refractivity contribution in [2.24, 2.45) is 0 Å². The van der Waals surface area contributed by atoms with E-state index in [9.17, 15) is 9.59 Å². The second-order valence-electron chi connectivity index (χ2n) is 3.94. The highest BCUT2D eigenvalue weighted by Crippen LogP contribution is 2.21. The first-order valence-electron chi connectivity index (χ1n) is 5.53. The van der Waals surface area contributed by atoms with Gasteiger partial charge in [0.1, 0.15) is 0 Å². The first kappa shape index (κ1) is 13.3. The average Bonchev–Trinajstić information content (AvgIpc) is 2.44. The fourth-order valence-electron chi connectivity index (χ4n) is 1.86. The van der Waals surface area contributed by atoms with Crippen LogP contribution in [-0.2, 0) is 9.47 Å². The highest BCUT2D eigenvalue weighted by atomic mass is 28.1. The standard InChI is InChI=1S/C14H11O4Si/c1-17-13(15)11-6-8-3-4-10(19)5-9(8)7-12(11)14(16)18-2/h3-7H,1-2H3. The maximum absolute atomic E-state index is 11.7. The zero-order chi connectivity index (χ0) is 14.0. The molecule has 0 fully saturated rings. The summed E-state index contributed by atoms with van der Waals surface area (Å²) < 4.78 is 9.38. The molecule has 3 radical (unpaired) electrons. The van der Waals surface area contributed by atoms with Crippen LogP contribution in [0.25, 0.3) is 10.8 Å². The van der Waals surface area contributed by atoms with E-state index in [-0.39, 0.29) is 11.1 Å². The summed E-state index contributed by atoms with van der Waals surface area (Å²) in [5, 5.41) is 2.56. The Hall–Kier alpha value is -2.14. The lowest BCUT2D eigenvalue weighted by molar-refractivity contribution is 0.0555. The summed E-state index contributed by atoms with van der Waals surface area (Å²) in [6, 6.07) is 8.82. The highest BCUT2D eigenvalue weighted by Gasteiger charge is 2.19. The second kappa shape index (κ2) is 5.24. The third-order valence-corrected chi connectivity index (χ3v) is 3.10. The summed E-state index contributed by atoms with van der Waals surface area (Å²) in [7, 11) is 5.96. The quantitative estimate of drug-likeness (QED) is 0.608. The van der Waals surface area contributed by atoms with Crippen LogP contribution in [0.5, 0.6) is 0 Å². The second-order valence-corrected chi connectivity index (χ2v) is 4.52. The Kier molecular flexibility index (Phi) is 3.66. The molecule has 0 aliphatic carbocycles. The average molecular weight is 271 g/mol. The van der Waals surface area contributed by atoms with Gasteiger partial charge in [-0.2, -0.15) is 0 Å². The van der Waals surface area contributed by atoms with Gasteiger partial charge < -0.3 is 9.47 Å². The van der Waals surface area contributed by atoms with Crippen molar-refractivity contribution in [3.8, 4) is 0 Å². The van der Waals surface area contributed by atoms with E-state index >= 15 is 0 Å². The van der Waals surface area contributed by atoms with E-state index in [0.29, 0.717) is 0 Å². The van der Waals surface area contributed by atoms with Gasteiger partial charge in [0, 0.05) is 0 Å². The van der Waals surface area contributed by atoms with Crippen LogP contribution in [0.4, 0.5) is 0 Å². The molecular weight excluding hydrogens is 260 g/mol. The van der Waals surface area contributed by atoms with E-state index < -0.39 is 11.9 Å². The molecule has 0 atom stereocenters. The number of hydrogen-bond acceptors (Lipinski definition) is 4. The Morgan fingerprint density at radius 2 is 1.42 bits per heavy atom. The molecule has 0 unspecified atom stereocenters. The summed E-state index contributed by atoms with van der Waals surface area (Å²) in [5.74, 6) is -1.13. The van der Waals surface area contributed by atoms with Crippen LogP contribution >= 0.6 is 0 Å². The number of hydrogen-bond donors (Lipinski definition) is 0. The van der Waals surface area contributed by atoms with Gasteiger partial charge in [0.15, 0.2) is 0 Å². The number of esters is 2. The Bertz CT molecular complexity index is 664. The van der Waals surface area contributed by atoms with Crippen LogP contribution in [0.15, 0.2) is 30.3 Å². The molecule has 0 amide bonds. The molecule has 2 aromatic rings. The lowest BCUT2D eigenvalue weighted by Gasteiger charge is -2.09. The number of benzene rings is 2. The summed E-state index contributed by atoms with van der Waals surface area (Å²) in [4.78, 5) is 23.5. The van der Waals surface area contributed by atoms with Gasteiger partial charge in [-0.3, -0.25) is 0 Å². The third-order valence-electron chi connectivity index (χ3n) is 2.79. The van der Waals surface area contributed by atoms with Crippen molar-refractivity contribution < 1.29 is 19.1 Å². The van der Waals surface area contributed by atoms with Crippen molar-refractivity contribution in [2.45, 2.75) is 0 Å². The fourth-order valence-corrected chi connectivity index (χ4v) is 2.09. The number of carbonyl (C=O) groups excluding carboxylic acids is 2. The Labute approximate surface area is 113 Å². The van der Waals surface area contributed by atoms with Crippen LogP contribution in [-0.4, -0.2) is 36.4 Å². The van der Waals surface area contributed by atoms with Crippen molar-refractivity contribution in [2.75, 3.05) is 14.2 Å². The van der Waals surface area contributed by atoms with Crippen LogP contribution in [0.3, 0.4) is 0 Å². The van der Waals surface area contributed by atoms with Crippen molar-refractivity contribution in [3.05, 3.63) is 41.5 Å². The van der Waals surface area contributed by atoms with Crippen LogP contribution in [0.2, 0.25) is 0 Å². The van der Waals surface area contributed by atoms with Gasteiger partial charge in [-0.05, 0) is 22.9 Å². The maximum Gasteiger partial charge on any atom is 0.338 e. The molecule has 5 heteroatoms. The Morgan fingerprint density at radius 1 is 0.895 bits per heavy atom. The minimum Gasteiger partial charge on any atom is -0.465 e. The first-order valence-corrected chi connectivity index (χ1v) is 6.03. The molecule has 0 N–H and O–H groups in total. The first-order chi connectivity index (χ1) is 9.06. The van der Waals surface area contributed by atoms with Crippen LogP contribution in [0.1, 0.15) is 20.7 Å². The molecule has 0 heterocycles. The molecule has 2 aromatic carbocycles. The Morgan fingerprint density at radius 3 is 1.95 bits per heavy atom. The van der Waals surface area contributed by atoms with E-state index in [4.69, 9.17) is 4.74 Å². The molecule has 0 saturated carbocycles. The van der Waals surface area contributed by atoms with Crippen molar-refractivity contribution in [1.29, 1.82) is 0 Å². The lowest BCUT2D eigenvalue weighted by atomic mass is 10.0. The van der Waals surface area contributed by atoms with Gasteiger partial charge in [-0.15, -0.1) is 0 Å². The fraction of sp³-hybridized carbons (Fsp3) is 0.143. The predicted molar refractivity (Wildman–Crippen MR) is 72.0 cm³/mol. The van der Waals surface area contributed by atoms with E-state index in [1.807, 2.05) is 18.2 Å². The van der Waals surface area contributed by atoms with Gasteiger partial charge >= 0.3 is 11.9 Å². The number of carbonyl (C=O) groups is 2. The van der Waals surface area contributed by atoms with E-state index in [1.165, 1.54) is 14.2 Å². The summed E-state index contributed by atoms with van der Waals surface area (Å²) >= 11 is 0. The SMILES string of the molecule is COC(=O)c1cc2ccc([Si])cc2cc1C(=O)OC. The maximum atomic E-state index is 11.7. The largest absolute Gasteiger partial charge is 0.465 e. The molecule has 0 aromatic heterocycles. The molecule has 0 saturated heterocycles. The minimum atomic E-state index is -0.568. The van der Waals surface area contributed by atoms with Gasteiger partial charge in [0.2, 0.25) is 0 Å². The topological polar surface area (TPSA) is 52.6 Å². The molecule has 2 rings (SSSR count). The van der Waals surface area contributed by atoms with Crippen molar-refractivity contribution in [1.82, 2.24) is 0 Å². The van der Waals surface area contributed by atoms with E-state index in [0.717, 1.165) is 16.0 Å². The number of fused-ring (bicyclic) bond motifs is 1. The molecule has 0 aliphatic rings. The van der Waals surface area contributed by atoms with Gasteiger partial charge in [-0.1, -0.05) is 23.4 Å². The summed E-state index contributed by atoms with van der Waals surface area (Å²) in [5.41, 5.74) is 0.391. The molecule has 4 nitrogen and oxygen atoms in total. The summed E-state index contributed by atoms with van der Waals surface area (Å²) in [6.45, 7) is 0. The number of rotatable bonds is 2.